The molecule has 0 unspecified atom stereocenters. The SMILES string of the molecule is CCc1ccc(C(=O)Nc2ccnn2C)c(CC)c1-n1ccc2ccc(OCCN(C)C(C)C)cc2c1=O. The van der Waals surface area contributed by atoms with Crippen molar-refractivity contribution in [3.05, 3.63) is 81.9 Å². The number of rotatable bonds is 10. The van der Waals surface area contributed by atoms with Gasteiger partial charge >= 0.3 is 0 Å². The van der Waals surface area contributed by atoms with Gasteiger partial charge in [-0.25, -0.2) is 0 Å². The lowest BCUT2D eigenvalue weighted by molar-refractivity contribution is 0.102. The van der Waals surface area contributed by atoms with E-state index < -0.39 is 0 Å². The van der Waals surface area contributed by atoms with Crippen LogP contribution in [-0.2, 0) is 19.9 Å². The number of nitrogens with zero attached hydrogens (tertiary/aromatic N) is 4. The van der Waals surface area contributed by atoms with Gasteiger partial charge in [-0.05, 0) is 74.5 Å². The van der Waals surface area contributed by atoms with Gasteiger partial charge in [0.1, 0.15) is 18.2 Å². The highest BCUT2D eigenvalue weighted by molar-refractivity contribution is 6.05. The molecule has 0 saturated heterocycles. The third kappa shape index (κ3) is 5.50. The fourth-order valence-corrected chi connectivity index (χ4v) is 4.57. The summed E-state index contributed by atoms with van der Waals surface area (Å²) in [6.45, 7) is 9.68. The maximum Gasteiger partial charge on any atom is 0.263 e. The number of hydrogen-bond acceptors (Lipinski definition) is 5. The minimum absolute atomic E-state index is 0.138. The Kier molecular flexibility index (Phi) is 8.32. The number of aromatic nitrogens is 3. The third-order valence-corrected chi connectivity index (χ3v) is 7.12. The molecule has 0 fully saturated rings. The second-order valence-electron chi connectivity index (χ2n) is 9.76. The molecular formula is C30H37N5O3. The average Bonchev–Trinajstić information content (AvgIpc) is 3.32. The molecule has 0 aliphatic heterocycles. The highest BCUT2D eigenvalue weighted by Gasteiger charge is 2.20. The zero-order valence-electron chi connectivity index (χ0n) is 23.1. The number of likely N-dealkylation sites (N-methyl/N-ethyl adjacent to an activating group) is 1. The molecule has 0 radical (unpaired) electrons. The van der Waals surface area contributed by atoms with E-state index in [0.717, 1.165) is 35.2 Å². The largest absolute Gasteiger partial charge is 0.492 e. The molecule has 38 heavy (non-hydrogen) atoms. The molecule has 0 saturated carbocycles. The molecule has 200 valence electrons. The van der Waals surface area contributed by atoms with E-state index >= 15 is 0 Å². The monoisotopic (exact) mass is 515 g/mol. The minimum Gasteiger partial charge on any atom is -0.492 e. The highest BCUT2D eigenvalue weighted by atomic mass is 16.5. The Labute approximate surface area is 223 Å². The Morgan fingerprint density at radius 1 is 1.11 bits per heavy atom. The number of carbonyl (C=O) groups excluding carboxylic acids is 1. The van der Waals surface area contributed by atoms with Crippen molar-refractivity contribution >= 4 is 22.5 Å². The van der Waals surface area contributed by atoms with Crippen molar-refractivity contribution in [1.29, 1.82) is 0 Å². The maximum absolute atomic E-state index is 13.9. The number of carbonyl (C=O) groups is 1. The Bertz CT molecular complexity index is 1500. The Balaban J connectivity index is 1.75. The minimum atomic E-state index is -0.231. The fourth-order valence-electron chi connectivity index (χ4n) is 4.57. The summed E-state index contributed by atoms with van der Waals surface area (Å²) < 4.78 is 9.27. The first-order valence-electron chi connectivity index (χ1n) is 13.2. The van der Waals surface area contributed by atoms with Crippen LogP contribution in [0.1, 0.15) is 49.2 Å². The van der Waals surface area contributed by atoms with Gasteiger partial charge in [-0.1, -0.05) is 26.0 Å². The second-order valence-corrected chi connectivity index (χ2v) is 9.76. The van der Waals surface area contributed by atoms with Crippen molar-refractivity contribution in [3.8, 4) is 11.4 Å². The number of anilines is 1. The van der Waals surface area contributed by atoms with Crippen LogP contribution in [0.4, 0.5) is 5.82 Å². The predicted octanol–water partition coefficient (Wildman–Crippen LogP) is 4.82. The zero-order valence-corrected chi connectivity index (χ0v) is 23.1. The summed E-state index contributed by atoms with van der Waals surface area (Å²) in [5.74, 6) is 1.04. The van der Waals surface area contributed by atoms with E-state index in [1.165, 1.54) is 0 Å². The number of nitrogens with one attached hydrogen (secondary N) is 1. The van der Waals surface area contributed by atoms with Gasteiger partial charge in [-0.15, -0.1) is 0 Å². The van der Waals surface area contributed by atoms with Crippen LogP contribution in [0.2, 0.25) is 0 Å². The van der Waals surface area contributed by atoms with Crippen LogP contribution >= 0.6 is 0 Å². The van der Waals surface area contributed by atoms with Gasteiger partial charge in [0.15, 0.2) is 0 Å². The van der Waals surface area contributed by atoms with Crippen LogP contribution < -0.4 is 15.6 Å². The lowest BCUT2D eigenvalue weighted by atomic mass is 9.96. The summed E-state index contributed by atoms with van der Waals surface area (Å²) in [5, 5.41) is 8.49. The summed E-state index contributed by atoms with van der Waals surface area (Å²) >= 11 is 0. The summed E-state index contributed by atoms with van der Waals surface area (Å²) in [5.41, 5.74) is 3.00. The van der Waals surface area contributed by atoms with Gasteiger partial charge in [0.05, 0.1) is 17.3 Å². The van der Waals surface area contributed by atoms with Crippen molar-refractivity contribution in [2.24, 2.45) is 7.05 Å². The molecule has 2 heterocycles. The smallest absolute Gasteiger partial charge is 0.263 e. The molecule has 0 spiro atoms. The molecule has 4 rings (SSSR count). The summed E-state index contributed by atoms with van der Waals surface area (Å²) in [7, 11) is 3.84. The van der Waals surface area contributed by atoms with Crippen molar-refractivity contribution < 1.29 is 9.53 Å². The van der Waals surface area contributed by atoms with Gasteiger partial charge < -0.3 is 15.0 Å². The molecule has 0 atom stereocenters. The Hall–Kier alpha value is -3.91. The van der Waals surface area contributed by atoms with E-state index in [1.807, 2.05) is 43.3 Å². The van der Waals surface area contributed by atoms with E-state index in [0.29, 0.717) is 41.6 Å². The first-order valence-corrected chi connectivity index (χ1v) is 13.2. The van der Waals surface area contributed by atoms with Crippen molar-refractivity contribution in [3.63, 3.8) is 0 Å². The number of amides is 1. The van der Waals surface area contributed by atoms with Gasteiger partial charge in [0.25, 0.3) is 11.5 Å². The molecule has 8 heteroatoms. The molecule has 0 bridgehead atoms. The zero-order chi connectivity index (χ0) is 27.4. The number of pyridine rings is 1. The molecule has 2 aromatic heterocycles. The molecule has 1 amide bonds. The van der Waals surface area contributed by atoms with Crippen molar-refractivity contribution in [2.75, 3.05) is 25.5 Å². The summed E-state index contributed by atoms with van der Waals surface area (Å²) in [6, 6.07) is 13.5. The molecule has 4 aromatic rings. The lowest BCUT2D eigenvalue weighted by Crippen LogP contribution is -2.30. The summed E-state index contributed by atoms with van der Waals surface area (Å²) in [6.07, 6.45) is 4.76. The number of aryl methyl sites for hydroxylation is 2. The van der Waals surface area contributed by atoms with Crippen LogP contribution in [0.3, 0.4) is 0 Å². The molecule has 8 nitrogen and oxygen atoms in total. The third-order valence-electron chi connectivity index (χ3n) is 7.12. The number of fused-ring (bicyclic) bond motifs is 1. The molecule has 1 N–H and O–H groups in total. The van der Waals surface area contributed by atoms with Crippen molar-refractivity contribution in [2.45, 2.75) is 46.6 Å². The topological polar surface area (TPSA) is 81.4 Å². The van der Waals surface area contributed by atoms with Crippen LogP contribution in [-0.4, -0.2) is 51.4 Å². The number of hydrogen-bond donors (Lipinski definition) is 1. The van der Waals surface area contributed by atoms with Gasteiger partial charge in [0, 0.05) is 37.5 Å². The van der Waals surface area contributed by atoms with E-state index in [9.17, 15) is 9.59 Å². The van der Waals surface area contributed by atoms with Crippen LogP contribution in [0, 0.1) is 0 Å². The van der Waals surface area contributed by atoms with Crippen molar-refractivity contribution in [1.82, 2.24) is 19.2 Å². The number of ether oxygens (including phenoxy) is 1. The van der Waals surface area contributed by atoms with E-state index in [4.69, 9.17) is 4.74 Å². The summed E-state index contributed by atoms with van der Waals surface area (Å²) in [4.78, 5) is 29.4. The Morgan fingerprint density at radius 2 is 1.89 bits per heavy atom. The average molecular weight is 516 g/mol. The number of benzene rings is 2. The highest BCUT2D eigenvalue weighted by Crippen LogP contribution is 2.27. The molecule has 0 aliphatic rings. The van der Waals surface area contributed by atoms with Crippen LogP contribution in [0.5, 0.6) is 5.75 Å². The quantitative estimate of drug-likeness (QED) is 0.328. The molecule has 2 aromatic carbocycles. The maximum atomic E-state index is 13.9. The normalized spacial score (nSPS) is 11.5. The Morgan fingerprint density at radius 3 is 2.55 bits per heavy atom. The predicted molar refractivity (Wildman–Crippen MR) is 153 cm³/mol. The van der Waals surface area contributed by atoms with Crippen LogP contribution in [0.25, 0.3) is 16.5 Å². The second kappa shape index (κ2) is 11.6. The van der Waals surface area contributed by atoms with Crippen LogP contribution in [0.15, 0.2) is 59.7 Å². The standard InChI is InChI=1S/C30H37N5O3/c1-7-21-10-12-25(29(36)32-27-13-15-31-34(27)6)24(8-2)28(21)35-16-14-22-9-11-23(19-26(22)30(35)37)38-18-17-33(5)20(3)4/h9-16,19-20H,7-8,17-18H2,1-6H3,(H,32,36). The fraction of sp³-hybridized carbons (Fsp3) is 0.367. The lowest BCUT2D eigenvalue weighted by Gasteiger charge is -2.21. The first kappa shape index (κ1) is 27.1. The van der Waals surface area contributed by atoms with Gasteiger partial charge in [0.2, 0.25) is 0 Å². The first-order chi connectivity index (χ1) is 18.2. The van der Waals surface area contributed by atoms with Gasteiger partial charge in [-0.2, -0.15) is 5.10 Å². The molecular weight excluding hydrogens is 478 g/mol. The van der Waals surface area contributed by atoms with E-state index in [-0.39, 0.29) is 11.5 Å². The molecule has 0 aliphatic carbocycles. The van der Waals surface area contributed by atoms with Gasteiger partial charge in [-0.3, -0.25) is 18.8 Å². The van der Waals surface area contributed by atoms with E-state index in [2.05, 4.69) is 43.1 Å². The van der Waals surface area contributed by atoms with E-state index in [1.54, 1.807) is 34.8 Å².